The molecular formula is C60H44B2N2. The summed E-state index contributed by atoms with van der Waals surface area (Å²) in [7, 11) is 0. The van der Waals surface area contributed by atoms with Crippen molar-refractivity contribution in [1.29, 1.82) is 0 Å². The van der Waals surface area contributed by atoms with Gasteiger partial charge in [-0.05, 0) is 119 Å². The Morgan fingerprint density at radius 1 is 0.312 bits per heavy atom. The molecule has 0 bridgehead atoms. The van der Waals surface area contributed by atoms with Crippen LogP contribution in [0.3, 0.4) is 0 Å². The number of fused-ring (bicyclic) bond motifs is 17. The Kier molecular flexibility index (Phi) is 7.17. The second kappa shape index (κ2) is 12.7. The molecule has 0 spiro atoms. The smallest absolute Gasteiger partial charge is 0.330 e. The van der Waals surface area contributed by atoms with Gasteiger partial charge in [0, 0.05) is 54.7 Å². The summed E-state index contributed by atoms with van der Waals surface area (Å²) in [5, 5.41) is 13.2. The third-order valence-corrected chi connectivity index (χ3v) is 15.4. The maximum atomic E-state index is 2.73. The molecule has 2 aliphatic rings. The third-order valence-electron chi connectivity index (χ3n) is 15.4. The topological polar surface area (TPSA) is 9.86 Å². The van der Waals surface area contributed by atoms with Crippen LogP contribution in [-0.4, -0.2) is 22.7 Å². The van der Waals surface area contributed by atoms with Crippen LogP contribution >= 0.6 is 0 Å². The number of hydrogen-bond acceptors (Lipinski definition) is 0. The molecule has 0 saturated heterocycles. The van der Waals surface area contributed by atoms with Gasteiger partial charge in [-0.25, -0.2) is 0 Å². The molecule has 64 heavy (non-hydrogen) atoms. The van der Waals surface area contributed by atoms with E-state index >= 15 is 0 Å². The number of aryl methyl sites for hydroxylation is 6. The second-order valence-electron chi connectivity index (χ2n) is 19.1. The first-order chi connectivity index (χ1) is 31.3. The highest BCUT2D eigenvalue weighted by Gasteiger charge is 2.41. The first-order valence-corrected chi connectivity index (χ1v) is 22.9. The number of rotatable bonds is 2. The molecule has 300 valence electrons. The molecular weight excluding hydrogens is 770 g/mol. The van der Waals surface area contributed by atoms with Crippen molar-refractivity contribution in [1.82, 2.24) is 8.96 Å². The lowest BCUT2D eigenvalue weighted by molar-refractivity contribution is 1.29. The van der Waals surface area contributed by atoms with Crippen molar-refractivity contribution in [2.45, 2.75) is 41.5 Å². The Morgan fingerprint density at radius 2 is 0.703 bits per heavy atom. The van der Waals surface area contributed by atoms with Gasteiger partial charge in [-0.15, -0.1) is 0 Å². The molecule has 0 radical (unpaired) electrons. The fraction of sp³-hybridized carbons (Fsp3) is 0.100. The zero-order valence-electron chi connectivity index (χ0n) is 37.1. The van der Waals surface area contributed by atoms with Crippen molar-refractivity contribution in [3.8, 4) is 22.3 Å². The molecule has 4 heteroatoms. The van der Waals surface area contributed by atoms with E-state index in [1.165, 1.54) is 153 Å². The highest BCUT2D eigenvalue weighted by molar-refractivity contribution is 6.91. The van der Waals surface area contributed by atoms with Crippen molar-refractivity contribution in [2.24, 2.45) is 0 Å². The fourth-order valence-electron chi connectivity index (χ4n) is 13.3. The average molecular weight is 815 g/mol. The molecule has 0 atom stereocenters. The summed E-state index contributed by atoms with van der Waals surface area (Å²) < 4.78 is 5.46. The lowest BCUT2D eigenvalue weighted by atomic mass is 9.42. The highest BCUT2D eigenvalue weighted by atomic mass is 14.9. The Morgan fingerprint density at radius 3 is 1.12 bits per heavy atom. The van der Waals surface area contributed by atoms with Gasteiger partial charge in [0.05, 0.1) is 0 Å². The zero-order valence-corrected chi connectivity index (χ0v) is 37.1. The average Bonchev–Trinajstić information content (AvgIpc) is 3.82. The molecule has 14 rings (SSSR count). The highest BCUT2D eigenvalue weighted by Crippen LogP contribution is 2.45. The molecule has 0 amide bonds. The zero-order chi connectivity index (χ0) is 42.9. The summed E-state index contributed by atoms with van der Waals surface area (Å²) >= 11 is 0. The van der Waals surface area contributed by atoms with Crippen molar-refractivity contribution < 1.29 is 0 Å². The van der Waals surface area contributed by atoms with Gasteiger partial charge >= 0.3 is 13.7 Å². The van der Waals surface area contributed by atoms with Crippen LogP contribution in [0.15, 0.2) is 158 Å². The minimum absolute atomic E-state index is 0.0453. The molecule has 2 nitrogen and oxygen atoms in total. The first kappa shape index (κ1) is 36.2. The van der Waals surface area contributed by atoms with E-state index < -0.39 is 0 Å². The van der Waals surface area contributed by atoms with Gasteiger partial charge in [0.2, 0.25) is 0 Å². The summed E-state index contributed by atoms with van der Waals surface area (Å²) in [5.41, 5.74) is 24.1. The van der Waals surface area contributed by atoms with E-state index in [1.807, 2.05) is 0 Å². The number of hydrogen-bond donors (Lipinski definition) is 0. The Balaban J connectivity index is 1.16. The minimum atomic E-state index is -0.0453. The lowest BCUT2D eigenvalue weighted by Gasteiger charge is -2.34. The van der Waals surface area contributed by atoms with E-state index in [1.54, 1.807) is 0 Å². The molecule has 2 aliphatic heterocycles. The molecule has 10 aromatic carbocycles. The van der Waals surface area contributed by atoms with E-state index in [0.717, 1.165) is 0 Å². The standard InChI is InChI=1S/C60H44B2N2/c1-33-29-35(3)55(36(4)30-33)61-57-43-23-26-46-48-18-12-20-50-54-42-16-10-8-14-40(42)22-28-52(54)64(60(48)50)62(56-37(5)31-34(2)32-38(56)6)58(46)44(43)24-25-45(57)47-17-11-19-49-53-41-15-9-7-13-39(41)21-27-51(53)63(61)59(47)49/h7-32H,1-6H3. The van der Waals surface area contributed by atoms with Gasteiger partial charge in [0.1, 0.15) is 0 Å². The first-order valence-electron chi connectivity index (χ1n) is 22.9. The van der Waals surface area contributed by atoms with Gasteiger partial charge in [-0.2, -0.15) is 0 Å². The number of aromatic nitrogens is 2. The van der Waals surface area contributed by atoms with E-state index in [-0.39, 0.29) is 13.7 Å². The van der Waals surface area contributed by atoms with E-state index in [0.29, 0.717) is 0 Å². The largest absolute Gasteiger partial charge is 0.375 e. The maximum absolute atomic E-state index is 2.73. The summed E-state index contributed by atoms with van der Waals surface area (Å²) in [6.45, 7) is 13.7. The predicted molar refractivity (Wildman–Crippen MR) is 278 cm³/mol. The molecule has 2 aromatic heterocycles. The number of para-hydroxylation sites is 2. The second-order valence-corrected chi connectivity index (χ2v) is 19.1. The van der Waals surface area contributed by atoms with E-state index in [2.05, 4.69) is 208 Å². The third kappa shape index (κ3) is 4.53. The molecule has 4 heterocycles. The summed E-state index contributed by atoms with van der Waals surface area (Å²) in [4.78, 5) is 0. The molecule has 0 fully saturated rings. The van der Waals surface area contributed by atoms with Gasteiger partial charge in [-0.3, -0.25) is 0 Å². The van der Waals surface area contributed by atoms with E-state index in [4.69, 9.17) is 0 Å². The van der Waals surface area contributed by atoms with Gasteiger partial charge in [-0.1, -0.05) is 179 Å². The number of nitrogens with zero attached hydrogens (tertiary/aromatic N) is 2. The van der Waals surface area contributed by atoms with Crippen LogP contribution in [0.2, 0.25) is 0 Å². The van der Waals surface area contributed by atoms with Crippen LogP contribution < -0.4 is 21.9 Å². The van der Waals surface area contributed by atoms with Crippen molar-refractivity contribution in [2.75, 3.05) is 0 Å². The minimum Gasteiger partial charge on any atom is -0.375 e. The Hall–Kier alpha value is -7.29. The van der Waals surface area contributed by atoms with Gasteiger partial charge in [0.15, 0.2) is 0 Å². The van der Waals surface area contributed by atoms with Gasteiger partial charge in [0.25, 0.3) is 0 Å². The van der Waals surface area contributed by atoms with Crippen molar-refractivity contribution in [3.63, 3.8) is 0 Å². The van der Waals surface area contributed by atoms with Crippen LogP contribution in [0.5, 0.6) is 0 Å². The van der Waals surface area contributed by atoms with Crippen LogP contribution in [0, 0.1) is 41.5 Å². The SMILES string of the molecule is Cc1cc(C)c(B2c3c(ccc4c5c(ccc34)-c3cccc4c6c7ccccc7ccc6n(c34)B5c3c(C)cc(C)cc3C)-c3cccc4c5c6ccccc6ccc5n2c34)c(C)c1. The molecule has 0 aliphatic carbocycles. The molecule has 12 aromatic rings. The summed E-state index contributed by atoms with van der Waals surface area (Å²) in [5.74, 6) is 0. The molecule has 0 unspecified atom stereocenters. The van der Waals surface area contributed by atoms with Crippen LogP contribution in [0.4, 0.5) is 0 Å². The van der Waals surface area contributed by atoms with Gasteiger partial charge < -0.3 is 8.96 Å². The summed E-state index contributed by atoms with van der Waals surface area (Å²) in [6.07, 6.45) is 0. The quantitative estimate of drug-likeness (QED) is 0.154. The monoisotopic (exact) mass is 814 g/mol. The number of benzene rings is 10. The predicted octanol–water partition coefficient (Wildman–Crippen LogP) is 12.5. The lowest BCUT2D eigenvalue weighted by Crippen LogP contribution is -2.55. The van der Waals surface area contributed by atoms with Crippen LogP contribution in [0.1, 0.15) is 33.4 Å². The fourth-order valence-corrected chi connectivity index (χ4v) is 13.3. The van der Waals surface area contributed by atoms with Crippen LogP contribution in [0.25, 0.3) is 98.2 Å². The van der Waals surface area contributed by atoms with Crippen molar-refractivity contribution in [3.05, 3.63) is 191 Å². The van der Waals surface area contributed by atoms with Crippen LogP contribution in [-0.2, 0) is 0 Å². The normalized spacial score (nSPS) is 13.1. The maximum Gasteiger partial charge on any atom is 0.330 e. The Bertz CT molecular complexity index is 3790. The summed E-state index contributed by atoms with van der Waals surface area (Å²) in [6, 6.07) is 60.9. The Labute approximate surface area is 373 Å². The molecule has 0 N–H and O–H groups in total. The van der Waals surface area contributed by atoms with E-state index in [9.17, 15) is 0 Å². The molecule has 0 saturated carbocycles. The van der Waals surface area contributed by atoms with Crippen molar-refractivity contribution >= 4 is 111 Å².